The molecule has 0 aliphatic heterocycles. The molecule has 290 valence electrons. The molecule has 10 nitrogen and oxygen atoms in total. The number of ether oxygens (including phenoxy) is 4. The lowest BCUT2D eigenvalue weighted by atomic mass is 9.47. The van der Waals surface area contributed by atoms with Gasteiger partial charge in [0.25, 0.3) is 0 Å². The first kappa shape index (κ1) is 41.0. The lowest BCUT2D eigenvalue weighted by Crippen LogP contribution is -2.51. The molecule has 3 saturated carbocycles. The molecule has 0 bridgehead atoms. The van der Waals surface area contributed by atoms with Gasteiger partial charge >= 0.3 is 24.1 Å². The molecule has 0 saturated heterocycles. The summed E-state index contributed by atoms with van der Waals surface area (Å²) in [6.45, 7) is 22.0. The number of amides is 2. The van der Waals surface area contributed by atoms with Crippen LogP contribution in [0.1, 0.15) is 140 Å². The summed E-state index contributed by atoms with van der Waals surface area (Å²) in [5.41, 5.74) is 0.436. The third-order valence-electron chi connectivity index (χ3n) is 12.5. The molecule has 1 unspecified atom stereocenters. The van der Waals surface area contributed by atoms with Crippen molar-refractivity contribution in [2.24, 2.45) is 46.3 Å². The van der Waals surface area contributed by atoms with Crippen LogP contribution >= 0.6 is 0 Å². The van der Waals surface area contributed by atoms with E-state index in [9.17, 15) is 19.2 Å². The molecule has 0 aromatic rings. The van der Waals surface area contributed by atoms with Crippen LogP contribution in [-0.2, 0) is 28.5 Å². The van der Waals surface area contributed by atoms with Gasteiger partial charge < -0.3 is 29.6 Å². The average Bonchev–Trinajstić information content (AvgIpc) is 3.36. The second-order valence-corrected chi connectivity index (χ2v) is 18.9. The zero-order valence-electron chi connectivity index (χ0n) is 33.4. The number of hydrogen-bond donors (Lipinski definition) is 2. The summed E-state index contributed by atoms with van der Waals surface area (Å²) in [5.74, 6) is 2.14. The van der Waals surface area contributed by atoms with Gasteiger partial charge in [-0.2, -0.15) is 0 Å². The fraction of sp³-hybridized carbons (Fsp3) is 0.854. The van der Waals surface area contributed by atoms with Gasteiger partial charge in [-0.15, -0.1) is 0 Å². The second kappa shape index (κ2) is 16.1. The molecule has 0 heterocycles. The van der Waals surface area contributed by atoms with Gasteiger partial charge in [0.15, 0.2) is 0 Å². The number of alkyl carbamates (subject to hydrolysis) is 2. The number of nitrogens with one attached hydrogen (secondary N) is 2. The molecule has 51 heavy (non-hydrogen) atoms. The van der Waals surface area contributed by atoms with E-state index in [2.05, 4.69) is 51.3 Å². The number of carbonyl (C=O) groups is 4. The topological polar surface area (TPSA) is 129 Å². The number of allylic oxidation sites excluding steroid dienone is 1. The fourth-order valence-electron chi connectivity index (χ4n) is 10.2. The van der Waals surface area contributed by atoms with Gasteiger partial charge in [-0.25, -0.2) is 9.59 Å². The molecule has 2 N–H and O–H groups in total. The van der Waals surface area contributed by atoms with Crippen molar-refractivity contribution in [2.75, 3.05) is 13.1 Å². The lowest BCUT2D eigenvalue weighted by molar-refractivity contribution is -0.154. The predicted octanol–water partition coefficient (Wildman–Crippen LogP) is 8.51. The summed E-state index contributed by atoms with van der Waals surface area (Å²) in [4.78, 5) is 49.9. The summed E-state index contributed by atoms with van der Waals surface area (Å²) < 4.78 is 22.6. The Labute approximate surface area is 307 Å². The van der Waals surface area contributed by atoms with Crippen LogP contribution in [0.5, 0.6) is 0 Å². The lowest BCUT2D eigenvalue weighted by Gasteiger charge is -2.58. The molecule has 2 amide bonds. The third-order valence-corrected chi connectivity index (χ3v) is 12.5. The summed E-state index contributed by atoms with van der Waals surface area (Å²) in [6.07, 6.45) is 10.9. The summed E-state index contributed by atoms with van der Waals surface area (Å²) in [7, 11) is 0. The van der Waals surface area contributed by atoms with E-state index in [1.807, 2.05) is 0 Å². The molecule has 0 radical (unpaired) electrons. The maximum atomic E-state index is 13.0. The van der Waals surface area contributed by atoms with Crippen LogP contribution in [0.4, 0.5) is 9.59 Å². The van der Waals surface area contributed by atoms with Gasteiger partial charge in [0.2, 0.25) is 0 Å². The summed E-state index contributed by atoms with van der Waals surface area (Å²) in [5, 5.41) is 5.09. The average molecular weight is 717 g/mol. The Morgan fingerprint density at radius 2 is 1.41 bits per heavy atom. The van der Waals surface area contributed by atoms with Crippen LogP contribution in [-0.4, -0.2) is 60.6 Å². The van der Waals surface area contributed by atoms with Crippen molar-refractivity contribution < 1.29 is 38.1 Å². The highest BCUT2D eigenvalue weighted by Gasteiger charge is 2.60. The van der Waals surface area contributed by atoms with E-state index in [1.165, 1.54) is 18.4 Å². The van der Waals surface area contributed by atoms with E-state index >= 15 is 0 Å². The Bertz CT molecular complexity index is 1300. The minimum Gasteiger partial charge on any atom is -0.461 e. The van der Waals surface area contributed by atoms with Gasteiger partial charge in [0, 0.05) is 6.42 Å². The van der Waals surface area contributed by atoms with Gasteiger partial charge in [-0.05, 0) is 146 Å². The van der Waals surface area contributed by atoms with Crippen molar-refractivity contribution in [3.8, 4) is 0 Å². The van der Waals surface area contributed by atoms with Crippen LogP contribution in [0, 0.1) is 46.3 Å². The van der Waals surface area contributed by atoms with E-state index in [0.717, 1.165) is 51.4 Å². The predicted molar refractivity (Wildman–Crippen MR) is 197 cm³/mol. The zero-order valence-corrected chi connectivity index (χ0v) is 33.4. The highest BCUT2D eigenvalue weighted by atomic mass is 16.6. The molecule has 4 aliphatic rings. The van der Waals surface area contributed by atoms with E-state index in [4.69, 9.17) is 18.9 Å². The molecule has 3 fully saturated rings. The largest absolute Gasteiger partial charge is 0.461 e. The van der Waals surface area contributed by atoms with Crippen molar-refractivity contribution in [1.82, 2.24) is 10.6 Å². The number of esters is 2. The first-order chi connectivity index (χ1) is 23.6. The smallest absolute Gasteiger partial charge is 0.408 e. The van der Waals surface area contributed by atoms with E-state index < -0.39 is 35.3 Å². The second-order valence-electron chi connectivity index (χ2n) is 18.9. The Hall–Kier alpha value is -2.78. The van der Waals surface area contributed by atoms with Crippen LogP contribution in [0.3, 0.4) is 0 Å². The van der Waals surface area contributed by atoms with Gasteiger partial charge in [-0.1, -0.05) is 46.3 Å². The molecule has 4 aliphatic carbocycles. The maximum Gasteiger partial charge on any atom is 0.408 e. The van der Waals surface area contributed by atoms with E-state index in [0.29, 0.717) is 29.6 Å². The maximum absolute atomic E-state index is 13.0. The van der Waals surface area contributed by atoms with Gasteiger partial charge in [0.05, 0.1) is 0 Å². The van der Waals surface area contributed by atoms with Crippen LogP contribution in [0.15, 0.2) is 11.6 Å². The van der Waals surface area contributed by atoms with Crippen molar-refractivity contribution in [2.45, 2.75) is 164 Å². The monoisotopic (exact) mass is 716 g/mol. The quantitative estimate of drug-likeness (QED) is 0.124. The normalized spacial score (nSPS) is 31.5. The first-order valence-electron chi connectivity index (χ1n) is 19.6. The third kappa shape index (κ3) is 10.4. The SMILES string of the molecule is CC(C)CC[C@H](OC(=O)CNC(=O)OC(C)(C)C)[C@@H](C)[C@H]1CC[C@H]2[C@@H]3CC=C4CC(OC(=O)CNC(=O)OC(C)(C)C)CC[C@]4(C)[C@H]3CC[C@]12C. The van der Waals surface area contributed by atoms with Crippen LogP contribution in [0.25, 0.3) is 0 Å². The Balaban J connectivity index is 1.38. The summed E-state index contributed by atoms with van der Waals surface area (Å²) >= 11 is 0. The van der Waals surface area contributed by atoms with Crippen molar-refractivity contribution >= 4 is 24.1 Å². The highest BCUT2D eigenvalue weighted by Crippen LogP contribution is 2.67. The summed E-state index contributed by atoms with van der Waals surface area (Å²) in [6, 6.07) is 0. The van der Waals surface area contributed by atoms with Gasteiger partial charge in [0.1, 0.15) is 36.5 Å². The molecule has 0 aromatic carbocycles. The molecular weight excluding hydrogens is 648 g/mol. The number of hydrogen-bond acceptors (Lipinski definition) is 8. The van der Waals surface area contributed by atoms with E-state index in [1.54, 1.807) is 41.5 Å². The molecule has 0 aromatic heterocycles. The van der Waals surface area contributed by atoms with Crippen molar-refractivity contribution in [1.29, 1.82) is 0 Å². The number of rotatable bonds is 11. The van der Waals surface area contributed by atoms with Crippen LogP contribution in [0.2, 0.25) is 0 Å². The van der Waals surface area contributed by atoms with Crippen molar-refractivity contribution in [3.63, 3.8) is 0 Å². The van der Waals surface area contributed by atoms with E-state index in [-0.39, 0.29) is 42.0 Å². The Morgan fingerprint density at radius 1 is 0.804 bits per heavy atom. The standard InChI is InChI=1S/C41H68N2O8/c1-25(2)12-17-33(49-35(45)24-43-37(47)51-39(7,8)9)26(3)30-15-16-31-29-14-13-27-22-28(48-34(44)23-42-36(46)50-38(4,5)6)18-20-40(27,10)32(29)19-21-41(30,31)11/h13,25-26,28-33H,12,14-24H2,1-11H3,(H,42,46)(H,43,47)/t26-,28?,29-,30+,31-,32-,33-,40-,41+/m0/s1. The number of fused-ring (bicyclic) bond motifs is 5. The van der Waals surface area contributed by atoms with Crippen molar-refractivity contribution in [3.05, 3.63) is 11.6 Å². The highest BCUT2D eigenvalue weighted by molar-refractivity contribution is 5.78. The Kier molecular flexibility index (Phi) is 12.9. The first-order valence-corrected chi connectivity index (χ1v) is 19.6. The molecule has 10 heteroatoms. The molecular formula is C41H68N2O8. The minimum absolute atomic E-state index is 0.0993. The Morgan fingerprint density at radius 3 is 2.00 bits per heavy atom. The zero-order chi connectivity index (χ0) is 37.9. The molecule has 9 atom stereocenters. The minimum atomic E-state index is -0.638. The van der Waals surface area contributed by atoms with Crippen LogP contribution < -0.4 is 10.6 Å². The van der Waals surface area contributed by atoms with Gasteiger partial charge in [-0.3, -0.25) is 9.59 Å². The fourth-order valence-corrected chi connectivity index (χ4v) is 10.2. The molecule has 0 spiro atoms. The molecule has 4 rings (SSSR count). The number of carbonyl (C=O) groups excluding carboxylic acids is 4.